The summed E-state index contributed by atoms with van der Waals surface area (Å²) in [5.41, 5.74) is 2.00. The first-order chi connectivity index (χ1) is 14.3. The van der Waals surface area contributed by atoms with Crippen molar-refractivity contribution in [2.45, 2.75) is 33.6 Å². The first kappa shape index (κ1) is 22.5. The number of carbonyl (C=O) groups is 2. The summed E-state index contributed by atoms with van der Waals surface area (Å²) < 4.78 is 0. The van der Waals surface area contributed by atoms with Gasteiger partial charge in [0, 0.05) is 44.7 Å². The molecule has 1 aromatic rings. The van der Waals surface area contributed by atoms with E-state index < -0.39 is 0 Å². The average Bonchev–Trinajstić information content (AvgIpc) is 2.74. The Morgan fingerprint density at radius 2 is 1.77 bits per heavy atom. The SMILES string of the molecule is CC1=C[C@@H](CNC(=O)c2ccccc2)[C@H](C(C)C)C[C@H]1CC(=O)N1CCN(C)CC1. The van der Waals surface area contributed by atoms with E-state index in [0.717, 1.165) is 32.6 Å². The molecule has 1 N–H and O–H groups in total. The second-order valence-electron chi connectivity index (χ2n) is 9.38. The lowest BCUT2D eigenvalue weighted by atomic mass is 9.69. The zero-order valence-electron chi connectivity index (χ0n) is 18.9. The van der Waals surface area contributed by atoms with Crippen LogP contribution in [0.3, 0.4) is 0 Å². The lowest BCUT2D eigenvalue weighted by Gasteiger charge is -2.38. The average molecular weight is 412 g/mol. The van der Waals surface area contributed by atoms with Gasteiger partial charge < -0.3 is 15.1 Å². The second-order valence-corrected chi connectivity index (χ2v) is 9.38. The topological polar surface area (TPSA) is 52.7 Å². The number of likely N-dealkylation sites (N-methyl/N-ethyl adjacent to an activating group) is 1. The number of piperazine rings is 1. The molecule has 2 aliphatic rings. The number of allylic oxidation sites excluding steroid dienone is 1. The second kappa shape index (κ2) is 10.3. The van der Waals surface area contributed by atoms with Gasteiger partial charge in [0.15, 0.2) is 0 Å². The predicted molar refractivity (Wildman–Crippen MR) is 121 cm³/mol. The zero-order valence-corrected chi connectivity index (χ0v) is 18.9. The third-order valence-electron chi connectivity index (χ3n) is 6.90. The number of hydrogen-bond donors (Lipinski definition) is 1. The quantitative estimate of drug-likeness (QED) is 0.730. The third kappa shape index (κ3) is 5.72. The molecule has 1 fully saturated rings. The maximum atomic E-state index is 12.9. The minimum atomic E-state index is -0.0171. The lowest BCUT2D eigenvalue weighted by Crippen LogP contribution is -2.47. The number of benzene rings is 1. The van der Waals surface area contributed by atoms with Crippen LogP contribution >= 0.6 is 0 Å². The number of carbonyl (C=O) groups excluding carboxylic acids is 2. The van der Waals surface area contributed by atoms with Crippen LogP contribution in [0.1, 0.15) is 44.0 Å². The molecular formula is C25H37N3O2. The first-order valence-corrected chi connectivity index (χ1v) is 11.3. The van der Waals surface area contributed by atoms with Gasteiger partial charge in [0.05, 0.1) is 0 Å². The molecule has 1 saturated heterocycles. The van der Waals surface area contributed by atoms with Crippen molar-refractivity contribution in [3.8, 4) is 0 Å². The van der Waals surface area contributed by atoms with Crippen molar-refractivity contribution < 1.29 is 9.59 Å². The van der Waals surface area contributed by atoms with Gasteiger partial charge in [0.1, 0.15) is 0 Å². The van der Waals surface area contributed by atoms with E-state index in [-0.39, 0.29) is 5.91 Å². The monoisotopic (exact) mass is 411 g/mol. The van der Waals surface area contributed by atoms with Crippen LogP contribution in [0.5, 0.6) is 0 Å². The zero-order chi connectivity index (χ0) is 21.7. The van der Waals surface area contributed by atoms with Crippen LogP contribution in [-0.2, 0) is 4.79 Å². The molecule has 5 heteroatoms. The number of nitrogens with one attached hydrogen (secondary N) is 1. The number of hydrogen-bond acceptors (Lipinski definition) is 3. The van der Waals surface area contributed by atoms with Crippen molar-refractivity contribution in [3.05, 3.63) is 47.5 Å². The Morgan fingerprint density at radius 3 is 2.40 bits per heavy atom. The number of amides is 2. The molecule has 0 unspecified atom stereocenters. The van der Waals surface area contributed by atoms with Crippen molar-refractivity contribution in [1.82, 2.24) is 15.1 Å². The summed E-state index contributed by atoms with van der Waals surface area (Å²) in [6.07, 6.45) is 3.95. The molecule has 0 bridgehead atoms. The van der Waals surface area contributed by atoms with E-state index in [0.29, 0.717) is 48.1 Å². The van der Waals surface area contributed by atoms with Crippen molar-refractivity contribution in [1.29, 1.82) is 0 Å². The van der Waals surface area contributed by atoms with Crippen LogP contribution in [0.15, 0.2) is 42.0 Å². The Bertz CT molecular complexity index is 751. The molecule has 0 radical (unpaired) electrons. The van der Waals surface area contributed by atoms with Crippen LogP contribution in [0.4, 0.5) is 0 Å². The molecular weight excluding hydrogens is 374 g/mol. The van der Waals surface area contributed by atoms with Crippen LogP contribution in [-0.4, -0.2) is 61.4 Å². The molecule has 164 valence electrons. The van der Waals surface area contributed by atoms with Gasteiger partial charge in [-0.2, -0.15) is 0 Å². The van der Waals surface area contributed by atoms with Crippen LogP contribution in [0, 0.1) is 23.7 Å². The van der Waals surface area contributed by atoms with E-state index in [1.165, 1.54) is 5.57 Å². The predicted octanol–water partition coefficient (Wildman–Crippen LogP) is 3.44. The van der Waals surface area contributed by atoms with Gasteiger partial charge in [-0.1, -0.05) is 43.7 Å². The van der Waals surface area contributed by atoms with Crippen molar-refractivity contribution >= 4 is 11.8 Å². The fourth-order valence-electron chi connectivity index (χ4n) is 4.81. The highest BCUT2D eigenvalue weighted by atomic mass is 16.2. The molecule has 5 nitrogen and oxygen atoms in total. The number of nitrogens with zero attached hydrogens (tertiary/aromatic N) is 2. The molecule has 3 atom stereocenters. The Kier molecular flexibility index (Phi) is 7.70. The van der Waals surface area contributed by atoms with Gasteiger partial charge in [-0.3, -0.25) is 9.59 Å². The highest BCUT2D eigenvalue weighted by Gasteiger charge is 2.33. The summed E-state index contributed by atoms with van der Waals surface area (Å²) in [5.74, 6) is 1.87. The molecule has 30 heavy (non-hydrogen) atoms. The summed E-state index contributed by atoms with van der Waals surface area (Å²) >= 11 is 0. The van der Waals surface area contributed by atoms with Gasteiger partial charge in [0.2, 0.25) is 5.91 Å². The van der Waals surface area contributed by atoms with Crippen molar-refractivity contribution in [2.24, 2.45) is 23.7 Å². The van der Waals surface area contributed by atoms with Crippen LogP contribution < -0.4 is 5.32 Å². The molecule has 0 saturated carbocycles. The van der Waals surface area contributed by atoms with Crippen molar-refractivity contribution in [3.63, 3.8) is 0 Å². The third-order valence-corrected chi connectivity index (χ3v) is 6.90. The summed E-state index contributed by atoms with van der Waals surface area (Å²) in [6.45, 7) is 10.9. The maximum Gasteiger partial charge on any atom is 0.251 e. The standard InChI is InChI=1S/C25H37N3O2/c1-18(2)23-15-21(16-24(29)28-12-10-27(4)11-13-28)19(3)14-22(23)17-26-25(30)20-8-6-5-7-9-20/h5-9,14,18,21-23H,10-13,15-17H2,1-4H3,(H,26,30)/t21-,22-,23-/m0/s1. The normalized spacial score (nSPS) is 25.2. The maximum absolute atomic E-state index is 12.9. The summed E-state index contributed by atoms with van der Waals surface area (Å²) in [7, 11) is 2.11. The fraction of sp³-hybridized carbons (Fsp3) is 0.600. The highest BCUT2D eigenvalue weighted by molar-refractivity contribution is 5.94. The summed E-state index contributed by atoms with van der Waals surface area (Å²) in [5, 5.41) is 3.12. The summed E-state index contributed by atoms with van der Waals surface area (Å²) in [6, 6.07) is 9.38. The van der Waals surface area contributed by atoms with E-state index in [9.17, 15) is 9.59 Å². The van der Waals surface area contributed by atoms with Crippen molar-refractivity contribution in [2.75, 3.05) is 39.8 Å². The smallest absolute Gasteiger partial charge is 0.251 e. The molecule has 1 aromatic carbocycles. The van der Waals surface area contributed by atoms with Gasteiger partial charge >= 0.3 is 0 Å². The van der Waals surface area contributed by atoms with E-state index in [2.05, 4.69) is 44.1 Å². The first-order valence-electron chi connectivity index (χ1n) is 11.3. The van der Waals surface area contributed by atoms with E-state index in [1.54, 1.807) is 0 Å². The van der Waals surface area contributed by atoms with E-state index in [4.69, 9.17) is 0 Å². The van der Waals surface area contributed by atoms with Gasteiger partial charge in [-0.25, -0.2) is 0 Å². The minimum absolute atomic E-state index is 0.0171. The van der Waals surface area contributed by atoms with Crippen LogP contribution in [0.2, 0.25) is 0 Å². The Labute approximate surface area is 181 Å². The Balaban J connectivity index is 1.61. The molecule has 2 amide bonds. The van der Waals surface area contributed by atoms with Gasteiger partial charge in [-0.15, -0.1) is 0 Å². The van der Waals surface area contributed by atoms with Gasteiger partial charge in [0.25, 0.3) is 5.91 Å². The minimum Gasteiger partial charge on any atom is -0.351 e. The molecule has 1 aliphatic heterocycles. The molecule has 0 spiro atoms. The molecule has 0 aromatic heterocycles. The van der Waals surface area contributed by atoms with Gasteiger partial charge in [-0.05, 0) is 56.2 Å². The van der Waals surface area contributed by atoms with E-state index in [1.807, 2.05) is 35.2 Å². The molecule has 1 heterocycles. The molecule has 1 aliphatic carbocycles. The largest absolute Gasteiger partial charge is 0.351 e. The molecule has 3 rings (SSSR count). The fourth-order valence-corrected chi connectivity index (χ4v) is 4.81. The lowest BCUT2D eigenvalue weighted by molar-refractivity contribution is -0.133. The summed E-state index contributed by atoms with van der Waals surface area (Å²) in [4.78, 5) is 29.6. The van der Waals surface area contributed by atoms with Crippen LogP contribution in [0.25, 0.3) is 0 Å². The van der Waals surface area contributed by atoms with E-state index >= 15 is 0 Å². The number of rotatable bonds is 6. The Hall–Kier alpha value is -2.14. The Morgan fingerprint density at radius 1 is 1.10 bits per heavy atom. The highest BCUT2D eigenvalue weighted by Crippen LogP contribution is 2.39.